The number of hydrogen-bond acceptors (Lipinski definition) is 3. The first-order valence-electron chi connectivity index (χ1n) is 5.48. The predicted molar refractivity (Wildman–Crippen MR) is 61.7 cm³/mol. The Morgan fingerprint density at radius 1 is 1.33 bits per heavy atom. The molecule has 1 aromatic heterocycles. The molecule has 0 spiro atoms. The molecule has 15 heavy (non-hydrogen) atoms. The first-order chi connectivity index (χ1) is 7.24. The van der Waals surface area contributed by atoms with Gasteiger partial charge in [-0.3, -0.25) is 9.78 Å². The van der Waals surface area contributed by atoms with E-state index >= 15 is 0 Å². The Kier molecular flexibility index (Phi) is 4.81. The number of nitrogens with zero attached hydrogens (tertiary/aromatic N) is 1. The predicted octanol–water partition coefficient (Wildman–Crippen LogP) is 2.82. The standard InChI is InChI=1S/C12H18N2O/c1-2-3-4-5-6-12(15)11-8-7-10(13)9-14-11/h7-9H,2-6,13H2,1H3. The van der Waals surface area contributed by atoms with Crippen molar-refractivity contribution in [2.75, 3.05) is 5.73 Å². The van der Waals surface area contributed by atoms with Crippen molar-refractivity contribution >= 4 is 11.5 Å². The lowest BCUT2D eigenvalue weighted by Crippen LogP contribution is -2.02. The molecule has 0 aromatic carbocycles. The van der Waals surface area contributed by atoms with Crippen molar-refractivity contribution in [1.29, 1.82) is 0 Å². The van der Waals surface area contributed by atoms with E-state index in [0.29, 0.717) is 17.8 Å². The highest BCUT2D eigenvalue weighted by atomic mass is 16.1. The average Bonchev–Trinajstić information content (AvgIpc) is 2.25. The molecule has 0 aliphatic carbocycles. The van der Waals surface area contributed by atoms with Crippen LogP contribution in [0.4, 0.5) is 5.69 Å². The molecule has 3 heteroatoms. The summed E-state index contributed by atoms with van der Waals surface area (Å²) in [5.41, 5.74) is 6.62. The lowest BCUT2D eigenvalue weighted by atomic mass is 10.1. The summed E-state index contributed by atoms with van der Waals surface area (Å²) in [5.74, 6) is 0.117. The lowest BCUT2D eigenvalue weighted by Gasteiger charge is -2.00. The number of aromatic nitrogens is 1. The van der Waals surface area contributed by atoms with E-state index in [1.807, 2.05) is 0 Å². The van der Waals surface area contributed by atoms with Crippen LogP contribution in [0.2, 0.25) is 0 Å². The zero-order valence-corrected chi connectivity index (χ0v) is 9.20. The number of carbonyl (C=O) groups excluding carboxylic acids is 1. The van der Waals surface area contributed by atoms with Crippen LogP contribution in [0.15, 0.2) is 18.3 Å². The smallest absolute Gasteiger partial charge is 0.181 e. The maximum atomic E-state index is 11.6. The average molecular weight is 206 g/mol. The molecule has 2 N–H and O–H groups in total. The van der Waals surface area contributed by atoms with Gasteiger partial charge in [0.25, 0.3) is 0 Å². The van der Waals surface area contributed by atoms with Gasteiger partial charge >= 0.3 is 0 Å². The molecule has 0 aliphatic rings. The van der Waals surface area contributed by atoms with Crippen molar-refractivity contribution in [3.8, 4) is 0 Å². The number of nitrogen functional groups attached to an aromatic ring is 1. The van der Waals surface area contributed by atoms with Crippen LogP contribution in [0, 0.1) is 0 Å². The van der Waals surface area contributed by atoms with E-state index in [-0.39, 0.29) is 5.78 Å². The quantitative estimate of drug-likeness (QED) is 0.575. The summed E-state index contributed by atoms with van der Waals surface area (Å²) in [7, 11) is 0. The number of nitrogens with two attached hydrogens (primary N) is 1. The van der Waals surface area contributed by atoms with Gasteiger partial charge in [0.15, 0.2) is 5.78 Å². The summed E-state index contributed by atoms with van der Waals surface area (Å²) in [5, 5.41) is 0. The molecular formula is C12H18N2O. The summed E-state index contributed by atoms with van der Waals surface area (Å²) in [4.78, 5) is 15.6. The molecule has 0 aliphatic heterocycles. The molecule has 0 amide bonds. The third-order valence-electron chi connectivity index (χ3n) is 2.33. The number of carbonyl (C=O) groups is 1. The van der Waals surface area contributed by atoms with E-state index in [9.17, 15) is 4.79 Å². The molecule has 0 atom stereocenters. The van der Waals surface area contributed by atoms with E-state index in [1.165, 1.54) is 19.0 Å². The first-order valence-corrected chi connectivity index (χ1v) is 5.48. The van der Waals surface area contributed by atoms with Crippen molar-refractivity contribution in [1.82, 2.24) is 4.98 Å². The summed E-state index contributed by atoms with van der Waals surface area (Å²) in [6.45, 7) is 2.16. The Bertz CT molecular complexity index is 306. The monoisotopic (exact) mass is 206 g/mol. The fourth-order valence-electron chi connectivity index (χ4n) is 1.41. The molecule has 1 rings (SSSR count). The number of pyridine rings is 1. The van der Waals surface area contributed by atoms with Crippen LogP contribution in [0.5, 0.6) is 0 Å². The molecular weight excluding hydrogens is 188 g/mol. The second kappa shape index (κ2) is 6.17. The molecule has 0 unspecified atom stereocenters. The van der Waals surface area contributed by atoms with Crippen LogP contribution in [-0.2, 0) is 0 Å². The van der Waals surface area contributed by atoms with Crippen LogP contribution < -0.4 is 5.73 Å². The van der Waals surface area contributed by atoms with Gasteiger partial charge in [-0.05, 0) is 18.6 Å². The summed E-state index contributed by atoms with van der Waals surface area (Å²) in [6, 6.07) is 3.41. The van der Waals surface area contributed by atoms with Gasteiger partial charge in [-0.1, -0.05) is 26.2 Å². The van der Waals surface area contributed by atoms with Crippen LogP contribution in [0.3, 0.4) is 0 Å². The van der Waals surface area contributed by atoms with Crippen molar-refractivity contribution < 1.29 is 4.79 Å². The summed E-state index contributed by atoms with van der Waals surface area (Å²) < 4.78 is 0. The number of hydrogen-bond donors (Lipinski definition) is 1. The van der Waals surface area contributed by atoms with Gasteiger partial charge in [0.1, 0.15) is 5.69 Å². The molecule has 1 heterocycles. The van der Waals surface area contributed by atoms with Gasteiger partial charge in [-0.15, -0.1) is 0 Å². The highest BCUT2D eigenvalue weighted by molar-refractivity contribution is 5.94. The SMILES string of the molecule is CCCCCCC(=O)c1ccc(N)cn1. The number of Topliss-reactive ketones (excluding diaryl/α,β-unsaturated/α-hetero) is 1. The Labute approximate surface area is 90.7 Å². The van der Waals surface area contributed by atoms with Gasteiger partial charge in [0.05, 0.1) is 11.9 Å². The Morgan fingerprint density at radius 2 is 2.13 bits per heavy atom. The molecule has 3 nitrogen and oxygen atoms in total. The lowest BCUT2D eigenvalue weighted by molar-refractivity contribution is 0.0974. The minimum Gasteiger partial charge on any atom is -0.397 e. The van der Waals surface area contributed by atoms with E-state index < -0.39 is 0 Å². The third-order valence-corrected chi connectivity index (χ3v) is 2.33. The molecule has 82 valence electrons. The highest BCUT2D eigenvalue weighted by Crippen LogP contribution is 2.08. The maximum absolute atomic E-state index is 11.6. The molecule has 0 radical (unpaired) electrons. The maximum Gasteiger partial charge on any atom is 0.181 e. The molecule has 0 bridgehead atoms. The second-order valence-corrected chi connectivity index (χ2v) is 3.71. The van der Waals surface area contributed by atoms with Crippen LogP contribution in [-0.4, -0.2) is 10.8 Å². The van der Waals surface area contributed by atoms with Crippen LogP contribution in [0.1, 0.15) is 49.5 Å². The number of unbranched alkanes of at least 4 members (excludes halogenated alkanes) is 3. The summed E-state index contributed by atoms with van der Waals surface area (Å²) in [6.07, 6.45) is 6.59. The number of anilines is 1. The van der Waals surface area contributed by atoms with Gasteiger partial charge in [0.2, 0.25) is 0 Å². The van der Waals surface area contributed by atoms with Crippen LogP contribution >= 0.6 is 0 Å². The van der Waals surface area contributed by atoms with E-state index in [4.69, 9.17) is 5.73 Å². The zero-order valence-electron chi connectivity index (χ0n) is 9.20. The van der Waals surface area contributed by atoms with E-state index in [0.717, 1.165) is 12.8 Å². The van der Waals surface area contributed by atoms with Crippen molar-refractivity contribution in [2.45, 2.75) is 39.0 Å². The van der Waals surface area contributed by atoms with Crippen molar-refractivity contribution in [3.63, 3.8) is 0 Å². The minimum absolute atomic E-state index is 0.117. The van der Waals surface area contributed by atoms with Gasteiger partial charge < -0.3 is 5.73 Å². The van der Waals surface area contributed by atoms with Gasteiger partial charge in [-0.25, -0.2) is 0 Å². The fraction of sp³-hybridized carbons (Fsp3) is 0.500. The fourth-order valence-corrected chi connectivity index (χ4v) is 1.41. The Hall–Kier alpha value is -1.38. The molecule has 0 fully saturated rings. The minimum atomic E-state index is 0.117. The first kappa shape index (κ1) is 11.7. The molecule has 1 aromatic rings. The van der Waals surface area contributed by atoms with E-state index in [2.05, 4.69) is 11.9 Å². The van der Waals surface area contributed by atoms with Crippen molar-refractivity contribution in [2.24, 2.45) is 0 Å². The Morgan fingerprint density at radius 3 is 2.73 bits per heavy atom. The van der Waals surface area contributed by atoms with Gasteiger partial charge in [-0.2, -0.15) is 0 Å². The largest absolute Gasteiger partial charge is 0.397 e. The highest BCUT2D eigenvalue weighted by Gasteiger charge is 2.05. The molecule has 0 saturated carbocycles. The van der Waals surface area contributed by atoms with Crippen LogP contribution in [0.25, 0.3) is 0 Å². The van der Waals surface area contributed by atoms with Crippen molar-refractivity contribution in [3.05, 3.63) is 24.0 Å². The van der Waals surface area contributed by atoms with E-state index in [1.54, 1.807) is 12.1 Å². The number of rotatable bonds is 6. The zero-order chi connectivity index (χ0) is 11.1. The number of ketones is 1. The normalized spacial score (nSPS) is 10.2. The second-order valence-electron chi connectivity index (χ2n) is 3.71. The summed E-state index contributed by atoms with van der Waals surface area (Å²) >= 11 is 0. The van der Waals surface area contributed by atoms with Gasteiger partial charge in [0, 0.05) is 6.42 Å². The third kappa shape index (κ3) is 4.11. The topological polar surface area (TPSA) is 56.0 Å². The Balaban J connectivity index is 2.37. The molecule has 0 saturated heterocycles.